The van der Waals surface area contributed by atoms with Crippen molar-refractivity contribution >= 4 is 23.5 Å². The Morgan fingerprint density at radius 1 is 1.26 bits per heavy atom. The van der Waals surface area contributed by atoms with Crippen molar-refractivity contribution in [3.8, 4) is 10.6 Å². The summed E-state index contributed by atoms with van der Waals surface area (Å²) in [5, 5.41) is 8.45. The van der Waals surface area contributed by atoms with Crippen LogP contribution in [0.5, 0.6) is 0 Å². The van der Waals surface area contributed by atoms with Gasteiger partial charge in [0.2, 0.25) is 5.96 Å². The fraction of sp³-hybridized carbons (Fsp3) is 0.353. The van der Waals surface area contributed by atoms with Gasteiger partial charge in [0.15, 0.2) is 0 Å². The van der Waals surface area contributed by atoms with E-state index >= 15 is 0 Å². The molecule has 0 unspecified atom stereocenters. The van der Waals surface area contributed by atoms with E-state index < -0.39 is 0 Å². The lowest BCUT2D eigenvalue weighted by Gasteiger charge is -2.01. The number of hydrogen-bond acceptors (Lipinski definition) is 4. The summed E-state index contributed by atoms with van der Waals surface area (Å²) < 4.78 is 0. The van der Waals surface area contributed by atoms with Crippen LogP contribution in [0.2, 0.25) is 0 Å². The number of hydrogen-bond donors (Lipinski definition) is 2. The molecule has 1 aromatic heterocycles. The quantitative estimate of drug-likeness (QED) is 0.464. The normalized spacial score (nSPS) is 11.0. The maximum Gasteiger partial charge on any atom is 0.211 e. The number of nitrogens with two attached hydrogens (primary N) is 2. The highest BCUT2D eigenvalue weighted by Gasteiger charge is 2.08. The average molecular weight is 329 g/mol. The number of rotatable bonds is 7. The molecule has 122 valence electrons. The summed E-state index contributed by atoms with van der Waals surface area (Å²) in [5.74, 6) is -0.0360. The van der Waals surface area contributed by atoms with Gasteiger partial charge in [0.1, 0.15) is 5.01 Å². The number of nitrogens with zero attached hydrogens (tertiary/aromatic N) is 3. The number of aromatic nitrogens is 1. The Bertz CT molecular complexity index is 682. The topological polar surface area (TPSA) is 89.6 Å². The van der Waals surface area contributed by atoms with E-state index in [0.717, 1.165) is 22.7 Å². The first kappa shape index (κ1) is 17.1. The predicted octanol–water partition coefficient (Wildman–Crippen LogP) is 3.26. The van der Waals surface area contributed by atoms with Gasteiger partial charge in [-0.3, -0.25) is 0 Å². The minimum Gasteiger partial charge on any atom is -0.369 e. The molecule has 0 saturated carbocycles. The fourth-order valence-electron chi connectivity index (χ4n) is 2.17. The zero-order valence-electron chi connectivity index (χ0n) is 13.6. The highest BCUT2D eigenvalue weighted by atomic mass is 32.1. The van der Waals surface area contributed by atoms with Crippen LogP contribution in [0.3, 0.4) is 0 Å². The van der Waals surface area contributed by atoms with Crippen molar-refractivity contribution < 1.29 is 0 Å². The van der Waals surface area contributed by atoms with Gasteiger partial charge in [0, 0.05) is 23.1 Å². The Morgan fingerprint density at radius 2 is 2.00 bits per heavy atom. The van der Waals surface area contributed by atoms with E-state index in [1.807, 2.05) is 6.92 Å². The molecule has 0 aliphatic carbocycles. The van der Waals surface area contributed by atoms with Crippen LogP contribution in [-0.4, -0.2) is 17.2 Å². The van der Waals surface area contributed by atoms with E-state index in [4.69, 9.17) is 11.5 Å². The maximum absolute atomic E-state index is 5.23. The van der Waals surface area contributed by atoms with Crippen LogP contribution >= 0.6 is 11.3 Å². The predicted molar refractivity (Wildman–Crippen MR) is 98.9 cm³/mol. The van der Waals surface area contributed by atoms with Gasteiger partial charge in [-0.25, -0.2) is 4.98 Å². The molecule has 0 saturated heterocycles. The van der Waals surface area contributed by atoms with Crippen LogP contribution < -0.4 is 11.5 Å². The van der Waals surface area contributed by atoms with E-state index in [2.05, 4.69) is 46.4 Å². The third kappa shape index (κ3) is 5.17. The Balaban J connectivity index is 2.07. The number of thiazole rings is 1. The summed E-state index contributed by atoms with van der Waals surface area (Å²) in [4.78, 5) is 5.83. The van der Waals surface area contributed by atoms with E-state index in [-0.39, 0.29) is 5.96 Å². The van der Waals surface area contributed by atoms with Gasteiger partial charge < -0.3 is 11.5 Å². The second kappa shape index (κ2) is 8.43. The average Bonchev–Trinajstić information content (AvgIpc) is 2.91. The van der Waals surface area contributed by atoms with Crippen molar-refractivity contribution in [2.45, 2.75) is 39.5 Å². The van der Waals surface area contributed by atoms with Gasteiger partial charge in [-0.15, -0.1) is 16.4 Å². The Hall–Kier alpha value is -2.21. The van der Waals surface area contributed by atoms with E-state index in [9.17, 15) is 0 Å². The van der Waals surface area contributed by atoms with Gasteiger partial charge in [0.25, 0.3) is 0 Å². The van der Waals surface area contributed by atoms with Crippen molar-refractivity contribution in [2.24, 2.45) is 21.7 Å². The zero-order valence-corrected chi connectivity index (χ0v) is 14.4. The van der Waals surface area contributed by atoms with Crippen LogP contribution in [0, 0.1) is 6.92 Å². The second-order valence-corrected chi connectivity index (χ2v) is 6.44. The van der Waals surface area contributed by atoms with Gasteiger partial charge in [-0.05, 0) is 25.3 Å². The minimum atomic E-state index is -0.0360. The molecule has 1 aromatic carbocycles. The largest absolute Gasteiger partial charge is 0.369 e. The summed E-state index contributed by atoms with van der Waals surface area (Å²) in [7, 11) is 0. The molecule has 0 fully saturated rings. The lowest BCUT2D eigenvalue weighted by atomic mass is 10.1. The van der Waals surface area contributed by atoms with Crippen LogP contribution in [0.1, 0.15) is 35.9 Å². The highest BCUT2D eigenvalue weighted by molar-refractivity contribution is 7.15. The van der Waals surface area contributed by atoms with Crippen molar-refractivity contribution in [3.63, 3.8) is 0 Å². The first-order chi connectivity index (χ1) is 11.1. The SMILES string of the molecule is CCCCc1ccc(-c2nc(C)c(C/C=N/N=C(N)N)s2)cc1. The van der Waals surface area contributed by atoms with Crippen molar-refractivity contribution in [3.05, 3.63) is 40.4 Å². The third-order valence-electron chi connectivity index (χ3n) is 3.44. The zero-order chi connectivity index (χ0) is 16.7. The number of guanidine groups is 1. The molecule has 23 heavy (non-hydrogen) atoms. The Morgan fingerprint density at radius 3 is 2.65 bits per heavy atom. The molecule has 0 atom stereocenters. The molecule has 0 bridgehead atoms. The van der Waals surface area contributed by atoms with Crippen LogP contribution in [0.4, 0.5) is 0 Å². The molecule has 2 aromatic rings. The molecule has 0 radical (unpaired) electrons. The van der Waals surface area contributed by atoms with Crippen LogP contribution in [-0.2, 0) is 12.8 Å². The summed E-state index contributed by atoms with van der Waals surface area (Å²) in [6, 6.07) is 8.70. The van der Waals surface area contributed by atoms with Gasteiger partial charge >= 0.3 is 0 Å². The molecule has 0 aliphatic rings. The molecule has 1 heterocycles. The smallest absolute Gasteiger partial charge is 0.211 e. The lowest BCUT2D eigenvalue weighted by Crippen LogP contribution is -2.21. The molecular weight excluding hydrogens is 306 g/mol. The van der Waals surface area contributed by atoms with Gasteiger partial charge in [0.05, 0.1) is 5.69 Å². The number of benzene rings is 1. The molecule has 2 rings (SSSR count). The van der Waals surface area contributed by atoms with E-state index in [0.29, 0.717) is 6.42 Å². The number of aryl methyl sites for hydroxylation is 2. The highest BCUT2D eigenvalue weighted by Crippen LogP contribution is 2.28. The second-order valence-electron chi connectivity index (χ2n) is 5.36. The summed E-state index contributed by atoms with van der Waals surface area (Å²) in [6.45, 7) is 4.23. The molecule has 0 aliphatic heterocycles. The third-order valence-corrected chi connectivity index (χ3v) is 4.67. The first-order valence-corrected chi connectivity index (χ1v) is 8.57. The fourth-order valence-corrected chi connectivity index (χ4v) is 3.19. The lowest BCUT2D eigenvalue weighted by molar-refractivity contribution is 0.795. The monoisotopic (exact) mass is 329 g/mol. The first-order valence-electron chi connectivity index (χ1n) is 7.76. The molecule has 0 amide bonds. The maximum atomic E-state index is 5.23. The number of unbranched alkanes of at least 4 members (excludes halogenated alkanes) is 1. The van der Waals surface area contributed by atoms with Crippen molar-refractivity contribution in [1.29, 1.82) is 0 Å². The molecule has 0 spiro atoms. The minimum absolute atomic E-state index is 0.0360. The molecule has 4 N–H and O–H groups in total. The van der Waals surface area contributed by atoms with Crippen molar-refractivity contribution in [1.82, 2.24) is 4.98 Å². The Labute approximate surface area is 141 Å². The van der Waals surface area contributed by atoms with Crippen molar-refractivity contribution in [2.75, 3.05) is 0 Å². The standard InChI is InChI=1S/C17H23N5S/c1-3-4-5-13-6-8-14(9-7-13)16-21-12(2)15(23-16)10-11-20-22-17(18)19/h6-9,11H,3-5,10H2,1-2H3,(H4,18,19,22)/b20-11+. The van der Waals surface area contributed by atoms with E-state index in [1.54, 1.807) is 17.6 Å². The van der Waals surface area contributed by atoms with E-state index in [1.165, 1.54) is 23.3 Å². The van der Waals surface area contributed by atoms with Gasteiger partial charge in [-0.2, -0.15) is 5.10 Å². The van der Waals surface area contributed by atoms with Gasteiger partial charge in [-0.1, -0.05) is 37.6 Å². The molecule has 5 nitrogen and oxygen atoms in total. The van der Waals surface area contributed by atoms with Crippen LogP contribution in [0.15, 0.2) is 34.5 Å². The van der Waals surface area contributed by atoms with Crippen LogP contribution in [0.25, 0.3) is 10.6 Å². The Kier molecular flexibility index (Phi) is 6.29. The summed E-state index contributed by atoms with van der Waals surface area (Å²) in [5.41, 5.74) is 14.0. The summed E-state index contributed by atoms with van der Waals surface area (Å²) in [6.07, 6.45) is 5.96. The molecular formula is C17H23N5S. The molecule has 6 heteroatoms. The summed E-state index contributed by atoms with van der Waals surface area (Å²) >= 11 is 1.68.